The highest BCUT2D eigenvalue weighted by molar-refractivity contribution is 6.35. The fourth-order valence-electron chi connectivity index (χ4n) is 1.47. The molecule has 4 N–H and O–H groups in total. The number of anilines is 3. The van der Waals surface area contributed by atoms with Gasteiger partial charge in [-0.2, -0.15) is 0 Å². The van der Waals surface area contributed by atoms with E-state index in [1.165, 1.54) is 0 Å². The standard InChI is InChI=1S/C13H11Cl2N3O/c14-9-3-1-2-4-11(9)17-13(19)18-12-6-5-8(16)7-10(12)15/h1-7H,16H2,(H2,17,18,19). The Labute approximate surface area is 120 Å². The summed E-state index contributed by atoms with van der Waals surface area (Å²) in [6.45, 7) is 0. The number of hydrogen-bond donors (Lipinski definition) is 3. The molecular formula is C13H11Cl2N3O. The summed E-state index contributed by atoms with van der Waals surface area (Å²) >= 11 is 11.9. The molecule has 0 atom stereocenters. The van der Waals surface area contributed by atoms with E-state index in [0.29, 0.717) is 27.1 Å². The van der Waals surface area contributed by atoms with Crippen LogP contribution in [0, 0.1) is 0 Å². The summed E-state index contributed by atoms with van der Waals surface area (Å²) < 4.78 is 0. The molecule has 0 unspecified atom stereocenters. The van der Waals surface area contributed by atoms with Crippen LogP contribution in [0.3, 0.4) is 0 Å². The molecule has 0 saturated carbocycles. The van der Waals surface area contributed by atoms with Crippen LogP contribution in [0.1, 0.15) is 0 Å². The number of para-hydroxylation sites is 1. The molecule has 4 nitrogen and oxygen atoms in total. The summed E-state index contributed by atoms with van der Waals surface area (Å²) in [6.07, 6.45) is 0. The molecule has 98 valence electrons. The number of nitrogens with one attached hydrogen (secondary N) is 2. The molecule has 0 saturated heterocycles. The molecule has 0 aliphatic rings. The topological polar surface area (TPSA) is 67.1 Å². The first-order chi connectivity index (χ1) is 9.06. The van der Waals surface area contributed by atoms with Crippen LogP contribution in [0.25, 0.3) is 0 Å². The molecule has 2 rings (SSSR count). The summed E-state index contributed by atoms with van der Waals surface area (Å²) in [4.78, 5) is 11.8. The molecule has 0 aromatic heterocycles. The van der Waals surface area contributed by atoms with Crippen molar-refractivity contribution in [3.8, 4) is 0 Å². The van der Waals surface area contributed by atoms with Gasteiger partial charge in [0.1, 0.15) is 0 Å². The van der Waals surface area contributed by atoms with Crippen LogP contribution in [0.4, 0.5) is 21.9 Å². The Kier molecular flexibility index (Phi) is 4.14. The number of nitrogen functional groups attached to an aromatic ring is 1. The number of amides is 2. The van der Waals surface area contributed by atoms with Crippen molar-refractivity contribution >= 4 is 46.3 Å². The maximum atomic E-state index is 11.8. The molecule has 0 fully saturated rings. The Morgan fingerprint density at radius 1 is 0.947 bits per heavy atom. The van der Waals surface area contributed by atoms with Gasteiger partial charge in [-0.25, -0.2) is 4.79 Å². The van der Waals surface area contributed by atoms with Gasteiger partial charge >= 0.3 is 6.03 Å². The van der Waals surface area contributed by atoms with Crippen molar-refractivity contribution in [3.63, 3.8) is 0 Å². The third-order valence-electron chi connectivity index (χ3n) is 2.36. The third-order valence-corrected chi connectivity index (χ3v) is 3.01. The minimum absolute atomic E-state index is 0.370. The van der Waals surface area contributed by atoms with Crippen molar-refractivity contribution < 1.29 is 4.79 Å². The zero-order valence-corrected chi connectivity index (χ0v) is 11.3. The van der Waals surface area contributed by atoms with Crippen molar-refractivity contribution in [1.29, 1.82) is 0 Å². The van der Waals surface area contributed by atoms with Gasteiger partial charge in [0.25, 0.3) is 0 Å². The van der Waals surface area contributed by atoms with Gasteiger partial charge in [-0.1, -0.05) is 35.3 Å². The van der Waals surface area contributed by atoms with Crippen molar-refractivity contribution in [3.05, 3.63) is 52.5 Å². The average Bonchev–Trinajstić information content (AvgIpc) is 2.36. The van der Waals surface area contributed by atoms with Gasteiger partial charge in [-0.3, -0.25) is 0 Å². The minimum atomic E-state index is -0.431. The highest BCUT2D eigenvalue weighted by Crippen LogP contribution is 2.25. The number of carbonyl (C=O) groups excluding carboxylic acids is 1. The number of halogens is 2. The van der Waals surface area contributed by atoms with E-state index in [1.54, 1.807) is 42.5 Å². The molecule has 19 heavy (non-hydrogen) atoms. The molecule has 0 aliphatic heterocycles. The zero-order valence-electron chi connectivity index (χ0n) is 9.78. The van der Waals surface area contributed by atoms with E-state index in [-0.39, 0.29) is 0 Å². The lowest BCUT2D eigenvalue weighted by Gasteiger charge is -2.10. The summed E-state index contributed by atoms with van der Waals surface area (Å²) in [5.74, 6) is 0. The highest BCUT2D eigenvalue weighted by atomic mass is 35.5. The van der Waals surface area contributed by atoms with Gasteiger partial charge in [0.15, 0.2) is 0 Å². The number of benzene rings is 2. The van der Waals surface area contributed by atoms with E-state index >= 15 is 0 Å². The fourth-order valence-corrected chi connectivity index (χ4v) is 1.89. The summed E-state index contributed by atoms with van der Waals surface area (Å²) in [5, 5.41) is 6.07. The van der Waals surface area contributed by atoms with E-state index in [2.05, 4.69) is 10.6 Å². The molecule has 0 spiro atoms. The Morgan fingerprint density at radius 2 is 1.58 bits per heavy atom. The normalized spacial score (nSPS) is 10.0. The first kappa shape index (κ1) is 13.5. The Balaban J connectivity index is 2.08. The molecule has 2 aromatic rings. The first-order valence-corrected chi connectivity index (χ1v) is 6.19. The van der Waals surface area contributed by atoms with E-state index < -0.39 is 6.03 Å². The number of carbonyl (C=O) groups is 1. The van der Waals surface area contributed by atoms with E-state index in [4.69, 9.17) is 28.9 Å². The number of urea groups is 1. The van der Waals surface area contributed by atoms with E-state index in [0.717, 1.165) is 0 Å². The van der Waals surface area contributed by atoms with Crippen LogP contribution in [-0.2, 0) is 0 Å². The smallest absolute Gasteiger partial charge is 0.323 e. The van der Waals surface area contributed by atoms with Gasteiger partial charge in [0, 0.05) is 5.69 Å². The maximum absolute atomic E-state index is 11.8. The summed E-state index contributed by atoms with van der Waals surface area (Å²) in [7, 11) is 0. The second kappa shape index (κ2) is 5.82. The molecule has 6 heteroatoms. The second-order valence-electron chi connectivity index (χ2n) is 3.80. The summed E-state index contributed by atoms with van der Waals surface area (Å²) in [5.41, 5.74) is 7.10. The van der Waals surface area contributed by atoms with Crippen LogP contribution < -0.4 is 16.4 Å². The van der Waals surface area contributed by atoms with Gasteiger partial charge in [-0.05, 0) is 30.3 Å². The Hall–Kier alpha value is -1.91. The quantitative estimate of drug-likeness (QED) is 0.726. The predicted molar refractivity (Wildman–Crippen MR) is 80.0 cm³/mol. The van der Waals surface area contributed by atoms with Crippen molar-refractivity contribution in [2.24, 2.45) is 0 Å². The lowest BCUT2D eigenvalue weighted by atomic mass is 10.3. The molecule has 0 heterocycles. The number of rotatable bonds is 2. The molecule has 2 aromatic carbocycles. The molecule has 0 radical (unpaired) electrons. The molecule has 2 amide bonds. The lowest BCUT2D eigenvalue weighted by molar-refractivity contribution is 0.262. The van der Waals surface area contributed by atoms with Crippen LogP contribution >= 0.6 is 23.2 Å². The van der Waals surface area contributed by atoms with Crippen LogP contribution in [0.5, 0.6) is 0 Å². The largest absolute Gasteiger partial charge is 0.399 e. The molecule has 0 aliphatic carbocycles. The number of hydrogen-bond acceptors (Lipinski definition) is 2. The Morgan fingerprint density at radius 3 is 2.21 bits per heavy atom. The van der Waals surface area contributed by atoms with Gasteiger partial charge in [0.2, 0.25) is 0 Å². The lowest BCUT2D eigenvalue weighted by Crippen LogP contribution is -2.19. The van der Waals surface area contributed by atoms with Crippen molar-refractivity contribution in [2.75, 3.05) is 16.4 Å². The van der Waals surface area contributed by atoms with Gasteiger partial charge in [-0.15, -0.1) is 0 Å². The average molecular weight is 296 g/mol. The van der Waals surface area contributed by atoms with Crippen LogP contribution in [0.2, 0.25) is 10.0 Å². The minimum Gasteiger partial charge on any atom is -0.399 e. The third kappa shape index (κ3) is 3.53. The molecule has 0 bridgehead atoms. The SMILES string of the molecule is Nc1ccc(NC(=O)Nc2ccccc2Cl)c(Cl)c1. The maximum Gasteiger partial charge on any atom is 0.323 e. The zero-order chi connectivity index (χ0) is 13.8. The monoisotopic (exact) mass is 295 g/mol. The van der Waals surface area contributed by atoms with E-state index in [1.807, 2.05) is 0 Å². The van der Waals surface area contributed by atoms with Crippen LogP contribution in [-0.4, -0.2) is 6.03 Å². The van der Waals surface area contributed by atoms with Crippen LogP contribution in [0.15, 0.2) is 42.5 Å². The predicted octanol–water partition coefficient (Wildman–Crippen LogP) is 4.22. The van der Waals surface area contributed by atoms with Gasteiger partial charge < -0.3 is 16.4 Å². The fraction of sp³-hybridized carbons (Fsp3) is 0. The van der Waals surface area contributed by atoms with Crippen molar-refractivity contribution in [1.82, 2.24) is 0 Å². The molecular weight excluding hydrogens is 285 g/mol. The number of nitrogens with two attached hydrogens (primary N) is 1. The van der Waals surface area contributed by atoms with Crippen molar-refractivity contribution in [2.45, 2.75) is 0 Å². The second-order valence-corrected chi connectivity index (χ2v) is 4.61. The van der Waals surface area contributed by atoms with Gasteiger partial charge in [0.05, 0.1) is 21.4 Å². The first-order valence-electron chi connectivity index (χ1n) is 5.44. The summed E-state index contributed by atoms with van der Waals surface area (Å²) in [6, 6.07) is 11.4. The Bertz CT molecular complexity index is 617. The highest BCUT2D eigenvalue weighted by Gasteiger charge is 2.07. The van der Waals surface area contributed by atoms with E-state index in [9.17, 15) is 4.79 Å².